The molecule has 4 aromatic rings. The summed E-state index contributed by atoms with van der Waals surface area (Å²) in [6.07, 6.45) is 0. The highest BCUT2D eigenvalue weighted by Gasteiger charge is 2.25. The van der Waals surface area contributed by atoms with Crippen LogP contribution in [0.5, 0.6) is 0 Å². The summed E-state index contributed by atoms with van der Waals surface area (Å²) in [5.74, 6) is -2.63. The van der Waals surface area contributed by atoms with Crippen molar-refractivity contribution in [2.75, 3.05) is 6.61 Å². The molecule has 8 heteroatoms. The molecule has 1 heterocycles. The fourth-order valence-corrected chi connectivity index (χ4v) is 4.56. The number of aliphatic hydroxyl groups excluding tert-OH is 1. The van der Waals surface area contributed by atoms with Crippen LogP contribution < -0.4 is 10.6 Å². The molecule has 198 valence electrons. The molecule has 3 aromatic carbocycles. The highest BCUT2D eigenvalue weighted by atomic mass is 19.2. The molecule has 1 aromatic heterocycles. The minimum Gasteiger partial charge on any atom is -0.394 e. The van der Waals surface area contributed by atoms with E-state index in [0.29, 0.717) is 28.6 Å². The van der Waals surface area contributed by atoms with Crippen molar-refractivity contribution >= 4 is 22.7 Å². The van der Waals surface area contributed by atoms with Gasteiger partial charge in [-0.1, -0.05) is 56.3 Å². The number of nitrogens with zero attached hydrogens (tertiary/aromatic N) is 1. The van der Waals surface area contributed by atoms with Crippen LogP contribution in [-0.2, 0) is 13.1 Å². The fraction of sp³-hybridized carbons (Fsp3) is 0.267. The molecule has 4 rings (SSSR count). The summed E-state index contributed by atoms with van der Waals surface area (Å²) in [6.45, 7) is 6.04. The summed E-state index contributed by atoms with van der Waals surface area (Å²) in [5, 5.41) is 15.6. The van der Waals surface area contributed by atoms with Crippen molar-refractivity contribution in [3.63, 3.8) is 0 Å². The van der Waals surface area contributed by atoms with Gasteiger partial charge < -0.3 is 20.3 Å². The van der Waals surface area contributed by atoms with Gasteiger partial charge in [0.1, 0.15) is 0 Å². The molecule has 0 unspecified atom stereocenters. The van der Waals surface area contributed by atoms with Crippen LogP contribution in [0.1, 0.15) is 64.2 Å². The molecule has 0 aliphatic rings. The predicted octanol–water partition coefficient (Wildman–Crippen LogP) is 5.13. The molecule has 0 bridgehead atoms. The van der Waals surface area contributed by atoms with E-state index in [9.17, 15) is 23.5 Å². The van der Waals surface area contributed by atoms with Gasteiger partial charge in [0.05, 0.1) is 17.7 Å². The zero-order valence-corrected chi connectivity index (χ0v) is 21.6. The van der Waals surface area contributed by atoms with Crippen molar-refractivity contribution < 1.29 is 23.5 Å². The van der Waals surface area contributed by atoms with Crippen LogP contribution in [0.2, 0.25) is 0 Å². The zero-order valence-electron chi connectivity index (χ0n) is 21.6. The van der Waals surface area contributed by atoms with Gasteiger partial charge in [-0.3, -0.25) is 9.59 Å². The third kappa shape index (κ3) is 5.75. The first-order valence-corrected chi connectivity index (χ1v) is 12.5. The lowest BCUT2D eigenvalue weighted by Gasteiger charge is -2.16. The fourth-order valence-electron chi connectivity index (χ4n) is 4.56. The summed E-state index contributed by atoms with van der Waals surface area (Å²) < 4.78 is 29.1. The van der Waals surface area contributed by atoms with Crippen LogP contribution in [0.15, 0.2) is 66.7 Å². The summed E-state index contributed by atoms with van der Waals surface area (Å²) in [7, 11) is 0. The Morgan fingerprint density at radius 3 is 2.29 bits per heavy atom. The lowest BCUT2D eigenvalue weighted by atomic mass is 10.0. The Labute approximate surface area is 220 Å². The van der Waals surface area contributed by atoms with Crippen molar-refractivity contribution in [3.05, 3.63) is 106 Å². The number of rotatable bonds is 9. The number of carbonyl (C=O) groups is 2. The molecule has 0 aliphatic carbocycles. The van der Waals surface area contributed by atoms with Gasteiger partial charge in [0.25, 0.3) is 11.8 Å². The molecule has 1 atom stereocenters. The number of nitrogens with one attached hydrogen (secondary N) is 2. The maximum absolute atomic E-state index is 13.7. The standard InChI is InChI=1S/C30H31F2N3O3/c1-18(2)28-27(30(38)33-15-21-9-12-24(31)25(32)13-21)23-11-10-22(29(37)34-19(3)17-36)14-26(23)35(28)16-20-7-5-4-6-8-20/h4-14,18-19,36H,15-17H2,1-3H3,(H,33,38)(H,34,37)/t19-/m0/s1. The molecule has 3 N–H and O–H groups in total. The monoisotopic (exact) mass is 519 g/mol. The number of carbonyl (C=O) groups excluding carboxylic acids is 2. The van der Waals surface area contributed by atoms with Gasteiger partial charge in [0.2, 0.25) is 0 Å². The molecule has 38 heavy (non-hydrogen) atoms. The lowest BCUT2D eigenvalue weighted by Crippen LogP contribution is -2.34. The minimum atomic E-state index is -0.972. The molecule has 0 spiro atoms. The normalized spacial score (nSPS) is 12.1. The van der Waals surface area contributed by atoms with Gasteiger partial charge in [0, 0.05) is 35.8 Å². The van der Waals surface area contributed by atoms with Gasteiger partial charge in [0.15, 0.2) is 11.6 Å². The minimum absolute atomic E-state index is 0.0263. The number of amides is 2. The Morgan fingerprint density at radius 1 is 0.895 bits per heavy atom. The van der Waals surface area contributed by atoms with Gasteiger partial charge in [-0.15, -0.1) is 0 Å². The van der Waals surface area contributed by atoms with Gasteiger partial charge >= 0.3 is 0 Å². The second kappa shape index (κ2) is 11.6. The van der Waals surface area contributed by atoms with E-state index in [1.807, 2.05) is 48.7 Å². The molecular formula is C30H31F2N3O3. The van der Waals surface area contributed by atoms with Crippen LogP contribution in [0.25, 0.3) is 10.9 Å². The average Bonchev–Trinajstić information content (AvgIpc) is 3.23. The van der Waals surface area contributed by atoms with E-state index in [0.717, 1.165) is 28.9 Å². The SMILES string of the molecule is CC(C)c1c(C(=O)NCc2ccc(F)c(F)c2)c2ccc(C(=O)N[C@@H](C)CO)cc2n1Cc1ccccc1. The molecular weight excluding hydrogens is 488 g/mol. The highest BCUT2D eigenvalue weighted by Crippen LogP contribution is 2.33. The van der Waals surface area contributed by atoms with E-state index in [1.165, 1.54) is 6.07 Å². The summed E-state index contributed by atoms with van der Waals surface area (Å²) in [4.78, 5) is 26.4. The highest BCUT2D eigenvalue weighted by molar-refractivity contribution is 6.10. The second-order valence-corrected chi connectivity index (χ2v) is 9.71. The van der Waals surface area contributed by atoms with E-state index in [2.05, 4.69) is 10.6 Å². The number of fused-ring (bicyclic) bond motifs is 1. The summed E-state index contributed by atoms with van der Waals surface area (Å²) in [6, 6.07) is 18.1. The lowest BCUT2D eigenvalue weighted by molar-refractivity contribution is 0.0920. The van der Waals surface area contributed by atoms with Crippen molar-refractivity contribution in [2.45, 2.75) is 45.8 Å². The van der Waals surface area contributed by atoms with Crippen molar-refractivity contribution in [1.29, 1.82) is 0 Å². The maximum Gasteiger partial charge on any atom is 0.254 e. The second-order valence-electron chi connectivity index (χ2n) is 9.71. The molecule has 0 fully saturated rings. The molecule has 0 aliphatic heterocycles. The van der Waals surface area contributed by atoms with E-state index < -0.39 is 17.7 Å². The number of benzene rings is 3. The Balaban J connectivity index is 1.79. The Morgan fingerprint density at radius 2 is 1.63 bits per heavy atom. The third-order valence-electron chi connectivity index (χ3n) is 6.41. The smallest absolute Gasteiger partial charge is 0.254 e. The molecule has 2 amide bonds. The number of hydrogen-bond donors (Lipinski definition) is 3. The quantitative estimate of drug-likeness (QED) is 0.287. The number of halogens is 2. The van der Waals surface area contributed by atoms with Gasteiger partial charge in [-0.05, 0) is 48.2 Å². The zero-order chi connectivity index (χ0) is 27.4. The summed E-state index contributed by atoms with van der Waals surface area (Å²) >= 11 is 0. The van der Waals surface area contributed by atoms with Crippen LogP contribution >= 0.6 is 0 Å². The van der Waals surface area contributed by atoms with Crippen LogP contribution in [-0.4, -0.2) is 34.1 Å². The maximum atomic E-state index is 13.7. The molecule has 0 saturated heterocycles. The molecule has 6 nitrogen and oxygen atoms in total. The van der Waals surface area contributed by atoms with Crippen LogP contribution in [0.3, 0.4) is 0 Å². The van der Waals surface area contributed by atoms with Crippen molar-refractivity contribution in [1.82, 2.24) is 15.2 Å². The predicted molar refractivity (Wildman–Crippen MR) is 143 cm³/mol. The van der Waals surface area contributed by atoms with E-state index in [4.69, 9.17) is 0 Å². The van der Waals surface area contributed by atoms with Crippen molar-refractivity contribution in [3.8, 4) is 0 Å². The van der Waals surface area contributed by atoms with Gasteiger partial charge in [-0.25, -0.2) is 8.78 Å². The third-order valence-corrected chi connectivity index (χ3v) is 6.41. The first-order valence-electron chi connectivity index (χ1n) is 12.5. The topological polar surface area (TPSA) is 83.4 Å². The van der Waals surface area contributed by atoms with E-state index in [1.54, 1.807) is 25.1 Å². The van der Waals surface area contributed by atoms with Crippen molar-refractivity contribution in [2.24, 2.45) is 0 Å². The average molecular weight is 520 g/mol. The first kappa shape index (κ1) is 27.0. The van der Waals surface area contributed by atoms with Gasteiger partial charge in [-0.2, -0.15) is 0 Å². The molecule has 0 radical (unpaired) electrons. The van der Waals surface area contributed by atoms with Crippen LogP contribution in [0.4, 0.5) is 8.78 Å². The largest absolute Gasteiger partial charge is 0.394 e. The van der Waals surface area contributed by atoms with Crippen LogP contribution in [0, 0.1) is 11.6 Å². The number of aromatic nitrogens is 1. The first-order chi connectivity index (χ1) is 18.2. The van der Waals surface area contributed by atoms with E-state index >= 15 is 0 Å². The Kier molecular flexibility index (Phi) is 8.22. The Bertz CT molecular complexity index is 1460. The number of aliphatic hydroxyl groups is 1. The van der Waals surface area contributed by atoms with E-state index in [-0.39, 0.29) is 30.9 Å². The number of hydrogen-bond acceptors (Lipinski definition) is 3. The Hall–Kier alpha value is -4.04. The summed E-state index contributed by atoms with van der Waals surface area (Å²) in [5.41, 5.74) is 3.88. The molecule has 0 saturated carbocycles.